The number of aliphatic hydroxyl groups excluding tert-OH is 1. The van der Waals surface area contributed by atoms with Crippen LogP contribution in [0.1, 0.15) is 5.56 Å². The normalized spacial score (nSPS) is 16.4. The molecular formula is C14H18BrFN2O2. The molecule has 1 saturated heterocycles. The number of carbonyl (C=O) groups is 1. The zero-order valence-corrected chi connectivity index (χ0v) is 12.8. The van der Waals surface area contributed by atoms with Crippen LogP contribution in [0.25, 0.3) is 0 Å². The number of amides is 1. The lowest BCUT2D eigenvalue weighted by Crippen LogP contribution is -2.49. The van der Waals surface area contributed by atoms with E-state index < -0.39 is 0 Å². The average Bonchev–Trinajstić information content (AvgIpc) is 2.44. The molecule has 1 amide bonds. The minimum Gasteiger partial charge on any atom is -0.395 e. The van der Waals surface area contributed by atoms with Gasteiger partial charge in [0.15, 0.2) is 0 Å². The number of benzene rings is 1. The van der Waals surface area contributed by atoms with Crippen LogP contribution in [0.3, 0.4) is 0 Å². The highest BCUT2D eigenvalue weighted by Crippen LogP contribution is 2.17. The van der Waals surface area contributed by atoms with Gasteiger partial charge in [0.25, 0.3) is 0 Å². The van der Waals surface area contributed by atoms with Gasteiger partial charge in [-0.05, 0) is 33.6 Å². The van der Waals surface area contributed by atoms with Gasteiger partial charge in [-0.1, -0.05) is 6.07 Å². The predicted octanol–water partition coefficient (Wildman–Crippen LogP) is 1.27. The molecule has 0 saturated carbocycles. The minimum atomic E-state index is -0.321. The number of halogens is 2. The second kappa shape index (κ2) is 7.15. The van der Waals surface area contributed by atoms with Crippen LogP contribution in [-0.2, 0) is 11.2 Å². The van der Waals surface area contributed by atoms with E-state index in [0.717, 1.165) is 18.7 Å². The summed E-state index contributed by atoms with van der Waals surface area (Å²) in [6.45, 7) is 3.76. The molecule has 0 aromatic heterocycles. The number of hydrogen-bond donors (Lipinski definition) is 1. The lowest BCUT2D eigenvalue weighted by atomic mass is 10.1. The molecule has 1 aromatic rings. The first kappa shape index (κ1) is 15.4. The van der Waals surface area contributed by atoms with E-state index in [1.54, 1.807) is 12.1 Å². The third-order valence-corrected chi connectivity index (χ3v) is 4.09. The van der Waals surface area contributed by atoms with Crippen molar-refractivity contribution in [3.8, 4) is 0 Å². The van der Waals surface area contributed by atoms with E-state index in [9.17, 15) is 9.18 Å². The van der Waals surface area contributed by atoms with E-state index in [4.69, 9.17) is 5.11 Å². The van der Waals surface area contributed by atoms with Crippen LogP contribution in [0.5, 0.6) is 0 Å². The molecule has 1 aliphatic rings. The van der Waals surface area contributed by atoms with Crippen LogP contribution in [0.15, 0.2) is 22.7 Å². The van der Waals surface area contributed by atoms with Gasteiger partial charge in [-0.2, -0.15) is 0 Å². The van der Waals surface area contributed by atoms with Gasteiger partial charge in [0.2, 0.25) is 5.91 Å². The molecule has 0 aliphatic carbocycles. The monoisotopic (exact) mass is 344 g/mol. The summed E-state index contributed by atoms with van der Waals surface area (Å²) in [5.41, 5.74) is 0.807. The van der Waals surface area contributed by atoms with Crippen molar-refractivity contribution in [1.82, 2.24) is 9.80 Å². The number of piperazine rings is 1. The van der Waals surface area contributed by atoms with Gasteiger partial charge in [-0.15, -0.1) is 0 Å². The maximum absolute atomic E-state index is 13.1. The van der Waals surface area contributed by atoms with E-state index >= 15 is 0 Å². The number of rotatable bonds is 4. The molecule has 0 atom stereocenters. The molecule has 1 heterocycles. The maximum Gasteiger partial charge on any atom is 0.227 e. The van der Waals surface area contributed by atoms with Crippen molar-refractivity contribution >= 4 is 21.8 Å². The van der Waals surface area contributed by atoms with Crippen molar-refractivity contribution in [3.63, 3.8) is 0 Å². The molecule has 110 valence electrons. The number of β-amino-alcohol motifs (C(OH)–C–C–N with tert-alkyl or cyclic N) is 1. The lowest BCUT2D eigenvalue weighted by molar-refractivity contribution is -0.132. The van der Waals surface area contributed by atoms with E-state index in [1.165, 1.54) is 6.07 Å². The summed E-state index contributed by atoms with van der Waals surface area (Å²) in [7, 11) is 0. The summed E-state index contributed by atoms with van der Waals surface area (Å²) < 4.78 is 13.5. The molecule has 6 heteroatoms. The fourth-order valence-electron chi connectivity index (χ4n) is 2.30. The van der Waals surface area contributed by atoms with Crippen LogP contribution in [0.4, 0.5) is 4.39 Å². The van der Waals surface area contributed by atoms with Gasteiger partial charge in [0.1, 0.15) is 5.82 Å². The SMILES string of the molecule is O=C(Cc1ccc(F)c(Br)c1)N1CCN(CCO)CC1. The Labute approximate surface area is 126 Å². The topological polar surface area (TPSA) is 43.8 Å². The third kappa shape index (κ3) is 4.01. The van der Waals surface area contributed by atoms with Crippen molar-refractivity contribution in [2.45, 2.75) is 6.42 Å². The predicted molar refractivity (Wildman–Crippen MR) is 77.9 cm³/mol. The van der Waals surface area contributed by atoms with Crippen molar-refractivity contribution < 1.29 is 14.3 Å². The Kier molecular flexibility index (Phi) is 5.51. The largest absolute Gasteiger partial charge is 0.395 e. The van der Waals surface area contributed by atoms with E-state index in [-0.39, 0.29) is 18.3 Å². The second-order valence-corrected chi connectivity index (χ2v) is 5.73. The first-order valence-corrected chi connectivity index (χ1v) is 7.44. The van der Waals surface area contributed by atoms with Crippen LogP contribution in [-0.4, -0.2) is 60.1 Å². The molecule has 0 bridgehead atoms. The fourth-order valence-corrected chi connectivity index (χ4v) is 2.72. The van der Waals surface area contributed by atoms with Gasteiger partial charge in [0, 0.05) is 32.7 Å². The van der Waals surface area contributed by atoms with E-state index in [1.807, 2.05) is 4.90 Å². The minimum absolute atomic E-state index is 0.0622. The Balaban J connectivity index is 1.88. The zero-order chi connectivity index (χ0) is 14.5. The van der Waals surface area contributed by atoms with E-state index in [0.29, 0.717) is 30.5 Å². The summed E-state index contributed by atoms with van der Waals surface area (Å²) in [5.74, 6) is -0.258. The highest BCUT2D eigenvalue weighted by atomic mass is 79.9. The summed E-state index contributed by atoms with van der Waals surface area (Å²) in [6, 6.07) is 4.65. The molecule has 1 N–H and O–H groups in total. The van der Waals surface area contributed by atoms with Gasteiger partial charge >= 0.3 is 0 Å². The Bertz CT molecular complexity index is 476. The van der Waals surface area contributed by atoms with Gasteiger partial charge in [-0.25, -0.2) is 4.39 Å². The average molecular weight is 345 g/mol. The Hall–Kier alpha value is -0.980. The van der Waals surface area contributed by atoms with Crippen molar-refractivity contribution in [2.24, 2.45) is 0 Å². The summed E-state index contributed by atoms with van der Waals surface area (Å²) >= 11 is 3.13. The number of aliphatic hydroxyl groups is 1. The zero-order valence-electron chi connectivity index (χ0n) is 11.2. The fraction of sp³-hybridized carbons (Fsp3) is 0.500. The molecule has 1 fully saturated rings. The van der Waals surface area contributed by atoms with Gasteiger partial charge < -0.3 is 10.0 Å². The van der Waals surface area contributed by atoms with Crippen molar-refractivity contribution in [1.29, 1.82) is 0 Å². The van der Waals surface area contributed by atoms with Crippen molar-refractivity contribution in [3.05, 3.63) is 34.1 Å². The summed E-state index contributed by atoms with van der Waals surface area (Å²) in [5, 5.41) is 8.88. The van der Waals surface area contributed by atoms with Crippen LogP contribution < -0.4 is 0 Å². The smallest absolute Gasteiger partial charge is 0.227 e. The quantitative estimate of drug-likeness (QED) is 0.894. The molecule has 1 aliphatic heterocycles. The molecule has 0 spiro atoms. The second-order valence-electron chi connectivity index (χ2n) is 4.87. The third-order valence-electron chi connectivity index (χ3n) is 3.48. The summed E-state index contributed by atoms with van der Waals surface area (Å²) in [4.78, 5) is 16.1. The van der Waals surface area contributed by atoms with Crippen LogP contribution in [0.2, 0.25) is 0 Å². The highest BCUT2D eigenvalue weighted by Gasteiger charge is 2.20. The van der Waals surface area contributed by atoms with E-state index in [2.05, 4.69) is 20.8 Å². The standard InChI is InChI=1S/C14H18BrFN2O2/c15-12-9-11(1-2-13(12)16)10-14(20)18-5-3-17(4-6-18)7-8-19/h1-2,9,19H,3-8,10H2. The Morgan fingerprint density at radius 2 is 2.00 bits per heavy atom. The summed E-state index contributed by atoms with van der Waals surface area (Å²) in [6.07, 6.45) is 0.291. The molecule has 4 nitrogen and oxygen atoms in total. The number of nitrogens with zero attached hydrogens (tertiary/aromatic N) is 2. The van der Waals surface area contributed by atoms with Crippen molar-refractivity contribution in [2.75, 3.05) is 39.3 Å². The molecule has 0 radical (unpaired) electrons. The highest BCUT2D eigenvalue weighted by molar-refractivity contribution is 9.10. The Morgan fingerprint density at radius 1 is 1.30 bits per heavy atom. The molecule has 2 rings (SSSR count). The maximum atomic E-state index is 13.1. The first-order chi connectivity index (χ1) is 9.60. The first-order valence-electron chi connectivity index (χ1n) is 6.65. The van der Waals surface area contributed by atoms with Gasteiger partial charge in [0.05, 0.1) is 17.5 Å². The van der Waals surface area contributed by atoms with Crippen LogP contribution >= 0.6 is 15.9 Å². The number of hydrogen-bond acceptors (Lipinski definition) is 3. The molecule has 20 heavy (non-hydrogen) atoms. The van der Waals surface area contributed by atoms with Gasteiger partial charge in [-0.3, -0.25) is 9.69 Å². The number of carbonyl (C=O) groups excluding carboxylic acids is 1. The lowest BCUT2D eigenvalue weighted by Gasteiger charge is -2.34. The molecule has 0 unspecified atom stereocenters. The molecular weight excluding hydrogens is 327 g/mol. The molecule has 1 aromatic carbocycles. The Morgan fingerprint density at radius 3 is 2.60 bits per heavy atom. The van der Waals surface area contributed by atoms with Crippen LogP contribution in [0, 0.1) is 5.82 Å².